The Balaban J connectivity index is 2.07. The number of amides is 1. The molecule has 10 heteroatoms. The summed E-state index contributed by atoms with van der Waals surface area (Å²) in [5, 5.41) is 14.5. The maximum atomic E-state index is 12.7. The summed E-state index contributed by atoms with van der Waals surface area (Å²) in [6.07, 6.45) is 1.49. The van der Waals surface area contributed by atoms with E-state index in [9.17, 15) is 14.9 Å². The van der Waals surface area contributed by atoms with Gasteiger partial charge in [0.15, 0.2) is 5.65 Å². The molecule has 1 amide bonds. The van der Waals surface area contributed by atoms with Gasteiger partial charge in [0.2, 0.25) is 0 Å². The number of nitro benzene ring substituents is 1. The summed E-state index contributed by atoms with van der Waals surface area (Å²) in [5.41, 5.74) is 0.631. The third kappa shape index (κ3) is 3.26. The zero-order valence-electron chi connectivity index (χ0n) is 12.6. The second-order valence-electron chi connectivity index (χ2n) is 5.12. The average molecular weight is 400 g/mol. The number of nitro groups is 1. The quantitative estimate of drug-likeness (QED) is 0.508. The minimum atomic E-state index is -0.628. The van der Waals surface area contributed by atoms with Crippen LogP contribution in [0.4, 0.5) is 11.4 Å². The molecule has 2 heterocycles. The Morgan fingerprint density at radius 2 is 1.96 bits per heavy atom. The second kappa shape index (κ2) is 6.51. The first kappa shape index (κ1) is 17.5. The molecule has 25 heavy (non-hydrogen) atoms. The molecule has 3 rings (SSSR count). The van der Waals surface area contributed by atoms with Crippen LogP contribution in [0.2, 0.25) is 15.1 Å². The lowest BCUT2D eigenvalue weighted by Gasteiger charge is -2.07. The van der Waals surface area contributed by atoms with Gasteiger partial charge in [0.25, 0.3) is 11.6 Å². The van der Waals surface area contributed by atoms with Crippen LogP contribution in [0.1, 0.15) is 16.2 Å². The van der Waals surface area contributed by atoms with Crippen molar-refractivity contribution < 1.29 is 9.72 Å². The SMILES string of the molecule is Cc1nc2c(Cl)cc(Cl)cn2c1C(=O)Nc1ccc(Cl)cc1[N+](=O)[O-]. The van der Waals surface area contributed by atoms with Gasteiger partial charge in [-0.25, -0.2) is 4.98 Å². The summed E-state index contributed by atoms with van der Waals surface area (Å²) >= 11 is 17.9. The molecule has 1 aromatic carbocycles. The smallest absolute Gasteiger partial charge is 0.294 e. The highest BCUT2D eigenvalue weighted by atomic mass is 35.5. The number of aryl methyl sites for hydroxylation is 1. The van der Waals surface area contributed by atoms with E-state index in [0.717, 1.165) is 6.07 Å². The summed E-state index contributed by atoms with van der Waals surface area (Å²) in [5.74, 6) is -0.589. The molecule has 128 valence electrons. The summed E-state index contributed by atoms with van der Waals surface area (Å²) in [6.45, 7) is 1.63. The van der Waals surface area contributed by atoms with E-state index in [4.69, 9.17) is 34.8 Å². The Morgan fingerprint density at radius 1 is 1.24 bits per heavy atom. The highest BCUT2D eigenvalue weighted by Gasteiger charge is 2.22. The van der Waals surface area contributed by atoms with Gasteiger partial charge in [-0.2, -0.15) is 0 Å². The van der Waals surface area contributed by atoms with E-state index in [1.807, 2.05) is 0 Å². The highest BCUT2D eigenvalue weighted by Crippen LogP contribution is 2.29. The van der Waals surface area contributed by atoms with Gasteiger partial charge in [0, 0.05) is 17.3 Å². The lowest BCUT2D eigenvalue weighted by molar-refractivity contribution is -0.383. The largest absolute Gasteiger partial charge is 0.315 e. The Kier molecular flexibility index (Phi) is 4.55. The summed E-state index contributed by atoms with van der Waals surface area (Å²) in [4.78, 5) is 27.4. The van der Waals surface area contributed by atoms with Crippen molar-refractivity contribution in [2.45, 2.75) is 6.92 Å². The number of fused-ring (bicyclic) bond motifs is 1. The van der Waals surface area contributed by atoms with Crippen molar-refractivity contribution >= 4 is 57.7 Å². The normalized spacial score (nSPS) is 10.9. The van der Waals surface area contributed by atoms with Crippen LogP contribution >= 0.6 is 34.8 Å². The van der Waals surface area contributed by atoms with Gasteiger partial charge in [0.05, 0.1) is 20.7 Å². The minimum absolute atomic E-state index is 0.0156. The zero-order chi connectivity index (χ0) is 18.3. The highest BCUT2D eigenvalue weighted by molar-refractivity contribution is 6.36. The van der Waals surface area contributed by atoms with E-state index < -0.39 is 10.8 Å². The molecule has 0 aliphatic heterocycles. The zero-order valence-corrected chi connectivity index (χ0v) is 14.9. The maximum absolute atomic E-state index is 12.7. The number of anilines is 1. The van der Waals surface area contributed by atoms with Crippen molar-refractivity contribution in [3.8, 4) is 0 Å². The van der Waals surface area contributed by atoms with Gasteiger partial charge in [-0.3, -0.25) is 19.3 Å². The van der Waals surface area contributed by atoms with E-state index in [2.05, 4.69) is 10.3 Å². The standard InChI is InChI=1S/C15H9Cl3N4O3/c1-7-13(21-6-9(17)4-10(18)14(21)19-7)15(23)20-11-3-2-8(16)5-12(11)22(24)25/h2-6H,1H3,(H,20,23). The average Bonchev–Trinajstić information content (AvgIpc) is 2.85. The van der Waals surface area contributed by atoms with Crippen LogP contribution in [0.3, 0.4) is 0 Å². The van der Waals surface area contributed by atoms with E-state index in [1.54, 1.807) is 6.92 Å². The summed E-state index contributed by atoms with van der Waals surface area (Å²) in [7, 11) is 0. The molecule has 0 aliphatic rings. The van der Waals surface area contributed by atoms with Gasteiger partial charge in [-0.1, -0.05) is 34.8 Å². The molecule has 0 saturated carbocycles. The number of benzene rings is 1. The number of hydrogen-bond donors (Lipinski definition) is 1. The van der Waals surface area contributed by atoms with E-state index in [-0.39, 0.29) is 27.1 Å². The molecule has 3 aromatic rings. The molecule has 2 aromatic heterocycles. The van der Waals surface area contributed by atoms with E-state index in [1.165, 1.54) is 28.8 Å². The van der Waals surface area contributed by atoms with Crippen LogP contribution in [0.5, 0.6) is 0 Å². The molecule has 1 N–H and O–H groups in total. The molecule has 0 atom stereocenters. The van der Waals surface area contributed by atoms with Gasteiger partial charge in [-0.15, -0.1) is 0 Å². The molecule has 0 fully saturated rings. The van der Waals surface area contributed by atoms with Gasteiger partial charge < -0.3 is 5.32 Å². The van der Waals surface area contributed by atoms with Crippen molar-refractivity contribution in [3.05, 3.63) is 67.0 Å². The fourth-order valence-electron chi connectivity index (χ4n) is 2.40. The summed E-state index contributed by atoms with van der Waals surface area (Å²) < 4.78 is 1.44. The topological polar surface area (TPSA) is 89.5 Å². The molecular weight excluding hydrogens is 391 g/mol. The van der Waals surface area contributed by atoms with Crippen molar-refractivity contribution in [2.75, 3.05) is 5.32 Å². The number of carbonyl (C=O) groups is 1. The van der Waals surface area contributed by atoms with Crippen molar-refractivity contribution in [2.24, 2.45) is 0 Å². The predicted octanol–water partition coefficient (Wildman–Crippen LogP) is 4.76. The minimum Gasteiger partial charge on any atom is -0.315 e. The summed E-state index contributed by atoms with van der Waals surface area (Å²) in [6, 6.07) is 5.47. The number of imidazole rings is 1. The Bertz CT molecular complexity index is 1030. The predicted molar refractivity (Wildman–Crippen MR) is 96.0 cm³/mol. The second-order valence-corrected chi connectivity index (χ2v) is 6.40. The lowest BCUT2D eigenvalue weighted by Crippen LogP contribution is -2.16. The molecule has 0 unspecified atom stereocenters. The van der Waals surface area contributed by atoms with E-state index >= 15 is 0 Å². The fraction of sp³-hybridized carbons (Fsp3) is 0.0667. The van der Waals surface area contributed by atoms with E-state index in [0.29, 0.717) is 16.4 Å². The first-order valence-corrected chi connectivity index (χ1v) is 8.00. The Hall–Kier alpha value is -2.35. The van der Waals surface area contributed by atoms with Crippen LogP contribution in [0.25, 0.3) is 5.65 Å². The first-order chi connectivity index (χ1) is 11.8. The number of nitrogens with zero attached hydrogens (tertiary/aromatic N) is 3. The van der Waals surface area contributed by atoms with Gasteiger partial charge in [0.1, 0.15) is 11.4 Å². The molecule has 0 saturated heterocycles. The van der Waals surface area contributed by atoms with Crippen molar-refractivity contribution in [3.63, 3.8) is 0 Å². The van der Waals surface area contributed by atoms with Crippen molar-refractivity contribution in [1.29, 1.82) is 0 Å². The number of rotatable bonds is 3. The number of pyridine rings is 1. The molecule has 0 aliphatic carbocycles. The number of hydrogen-bond acceptors (Lipinski definition) is 4. The van der Waals surface area contributed by atoms with Crippen molar-refractivity contribution in [1.82, 2.24) is 9.38 Å². The molecule has 0 radical (unpaired) electrons. The number of carbonyl (C=O) groups excluding carboxylic acids is 1. The first-order valence-electron chi connectivity index (χ1n) is 6.87. The van der Waals surface area contributed by atoms with Crippen LogP contribution in [-0.2, 0) is 0 Å². The van der Waals surface area contributed by atoms with Crippen LogP contribution < -0.4 is 5.32 Å². The number of aromatic nitrogens is 2. The van der Waals surface area contributed by atoms with Crippen LogP contribution in [0, 0.1) is 17.0 Å². The Labute approximate surface area is 156 Å². The monoisotopic (exact) mass is 398 g/mol. The molecule has 0 spiro atoms. The number of halogens is 3. The maximum Gasteiger partial charge on any atom is 0.294 e. The Morgan fingerprint density at radius 3 is 2.64 bits per heavy atom. The molecule has 0 bridgehead atoms. The van der Waals surface area contributed by atoms with Crippen LogP contribution in [0.15, 0.2) is 30.5 Å². The molecular formula is C15H9Cl3N4O3. The lowest BCUT2D eigenvalue weighted by atomic mass is 10.2. The van der Waals surface area contributed by atoms with Gasteiger partial charge in [-0.05, 0) is 25.1 Å². The van der Waals surface area contributed by atoms with Gasteiger partial charge >= 0.3 is 0 Å². The number of nitrogens with one attached hydrogen (secondary N) is 1. The molecule has 7 nitrogen and oxygen atoms in total. The third-order valence-corrected chi connectivity index (χ3v) is 4.16. The fourth-order valence-corrected chi connectivity index (χ4v) is 3.08. The third-order valence-electron chi connectivity index (χ3n) is 3.44. The van der Waals surface area contributed by atoms with Crippen LogP contribution in [-0.4, -0.2) is 20.2 Å².